The van der Waals surface area contributed by atoms with Crippen LogP contribution in [0.1, 0.15) is 44.2 Å². The van der Waals surface area contributed by atoms with Crippen LogP contribution < -0.4 is 9.80 Å². The summed E-state index contributed by atoms with van der Waals surface area (Å²) in [6.07, 6.45) is 4.93. The van der Waals surface area contributed by atoms with Crippen molar-refractivity contribution >= 4 is 44.9 Å². The highest BCUT2D eigenvalue weighted by Gasteiger charge is 2.45. The molecule has 0 amide bonds. The molecule has 1 fully saturated rings. The zero-order valence-corrected chi connectivity index (χ0v) is 36.3. The van der Waals surface area contributed by atoms with Crippen LogP contribution in [0.2, 0.25) is 0 Å². The van der Waals surface area contributed by atoms with Crippen molar-refractivity contribution in [3.05, 3.63) is 254 Å². The number of hydrogen-bond acceptors (Lipinski definition) is 2. The number of nitrogens with zero attached hydrogens (tertiary/aromatic N) is 2. The maximum absolute atomic E-state index is 2.52. The van der Waals surface area contributed by atoms with E-state index in [0.717, 1.165) is 28.4 Å². The summed E-state index contributed by atoms with van der Waals surface area (Å²) in [6.45, 7) is 0. The molecule has 0 saturated heterocycles. The van der Waals surface area contributed by atoms with Crippen LogP contribution in [0.25, 0.3) is 55.3 Å². The fourth-order valence-electron chi connectivity index (χ4n) is 10.9. The third-order valence-corrected chi connectivity index (χ3v) is 14.0. The van der Waals surface area contributed by atoms with Crippen LogP contribution in [0.3, 0.4) is 0 Å². The van der Waals surface area contributed by atoms with E-state index in [-0.39, 0.29) is 12.8 Å². The molecule has 10 aromatic rings. The van der Waals surface area contributed by atoms with Gasteiger partial charge in [0.15, 0.2) is 0 Å². The number of rotatable bonds is 9. The summed E-state index contributed by atoms with van der Waals surface area (Å²) < 4.78 is 0. The second kappa shape index (κ2) is 17.2. The summed E-state index contributed by atoms with van der Waals surface area (Å²) in [4.78, 5) is 4.78. The highest BCUT2D eigenvalue weighted by atomic mass is 15.1. The average molecular weight is 849 g/mol. The van der Waals surface area contributed by atoms with Gasteiger partial charge in [-0.05, 0) is 152 Å². The Labute approximate surface area is 389 Å². The fraction of sp³-hybridized carbons (Fsp3) is 0.0938. The van der Waals surface area contributed by atoms with E-state index in [1.807, 2.05) is 0 Å². The van der Waals surface area contributed by atoms with Crippen LogP contribution in [0, 0.1) is 0 Å². The fourth-order valence-corrected chi connectivity index (χ4v) is 10.9. The van der Waals surface area contributed by atoms with Crippen molar-refractivity contribution in [1.82, 2.24) is 0 Å². The van der Waals surface area contributed by atoms with Gasteiger partial charge in [-0.1, -0.05) is 190 Å². The summed E-state index contributed by atoms with van der Waals surface area (Å²) in [7, 11) is 0. The molecule has 2 aliphatic rings. The molecule has 2 heteroatoms. The first-order valence-electron chi connectivity index (χ1n) is 23.0. The van der Waals surface area contributed by atoms with E-state index in [1.165, 1.54) is 97.8 Å². The molecule has 0 radical (unpaired) electrons. The Kier molecular flexibility index (Phi) is 10.6. The highest BCUT2D eigenvalue weighted by molar-refractivity contribution is 6.03. The molecular weight excluding hydrogens is 797 g/mol. The smallest absolute Gasteiger partial charge is 0.0465 e. The first-order chi connectivity index (χ1) is 32.2. The zero-order valence-electron chi connectivity index (χ0n) is 36.3. The normalized spacial score (nSPS) is 13.2. The number of fused-ring (bicyclic) bond motifs is 7. The SMILES string of the molecule is C.c1ccc(-c2ccc(N(c3ccc(-c4ccccc4)cc3)c3ccc(-c4ccc(N(c5ccccc5)c5ccc6c(c5)C5(CCCC5)c5ccc7ccccc7c5-6)cc4)cc3)cc2)cc1. The first kappa shape index (κ1) is 40.8. The molecule has 66 heavy (non-hydrogen) atoms. The molecule has 0 heterocycles. The van der Waals surface area contributed by atoms with Gasteiger partial charge in [0.2, 0.25) is 0 Å². The summed E-state index contributed by atoms with van der Waals surface area (Å²) in [5.74, 6) is 0. The van der Waals surface area contributed by atoms with Crippen molar-refractivity contribution in [3.8, 4) is 44.5 Å². The van der Waals surface area contributed by atoms with Crippen LogP contribution in [0.4, 0.5) is 34.1 Å². The summed E-state index contributed by atoms with van der Waals surface area (Å²) in [6, 6.07) is 88.9. The lowest BCUT2D eigenvalue weighted by molar-refractivity contribution is 0.550. The predicted octanol–water partition coefficient (Wildman–Crippen LogP) is 18.3. The maximum Gasteiger partial charge on any atom is 0.0465 e. The number of anilines is 6. The molecule has 0 atom stereocenters. The largest absolute Gasteiger partial charge is 0.311 e. The Hall–Kier alpha value is -7.94. The molecular formula is C64H52N2. The second-order valence-electron chi connectivity index (χ2n) is 17.7. The van der Waals surface area contributed by atoms with Crippen molar-refractivity contribution in [3.63, 3.8) is 0 Å². The molecule has 12 rings (SSSR count). The molecule has 0 aromatic heterocycles. The van der Waals surface area contributed by atoms with Crippen molar-refractivity contribution in [2.45, 2.75) is 38.5 Å². The van der Waals surface area contributed by atoms with Crippen molar-refractivity contribution < 1.29 is 0 Å². The Bertz CT molecular complexity index is 3180. The molecule has 0 bridgehead atoms. The summed E-state index contributed by atoms with van der Waals surface area (Å²) >= 11 is 0. The standard InChI is InChI=1S/C63H48N2.CH4/c1-4-14-45(15-5-1)47-22-31-53(32-23-47)64(54-33-24-48(25-34-54)46-16-6-2-7-17-46)55-35-26-49(27-36-55)50-28-37-56(38-29-50)65(52-19-8-3-9-20-52)57-39-40-59-61(44-57)63(42-12-13-43-63)60-41-30-51-18-10-11-21-58(51)62(59)60;/h1-11,14-41,44H,12-13,42-43H2;1H4. The molecule has 1 saturated carbocycles. The van der Waals surface area contributed by atoms with Crippen molar-refractivity contribution in [2.75, 3.05) is 9.80 Å². The van der Waals surface area contributed by atoms with Crippen LogP contribution in [0.15, 0.2) is 243 Å². The van der Waals surface area contributed by atoms with E-state index in [9.17, 15) is 0 Å². The molecule has 2 aliphatic carbocycles. The van der Waals surface area contributed by atoms with Crippen LogP contribution in [-0.2, 0) is 5.41 Å². The minimum absolute atomic E-state index is 0. The molecule has 0 N–H and O–H groups in total. The minimum Gasteiger partial charge on any atom is -0.311 e. The van der Waals surface area contributed by atoms with E-state index in [0.29, 0.717) is 0 Å². The van der Waals surface area contributed by atoms with Gasteiger partial charge in [0.1, 0.15) is 0 Å². The molecule has 1 spiro atoms. The molecule has 10 aromatic carbocycles. The number of hydrogen-bond donors (Lipinski definition) is 0. The van der Waals surface area contributed by atoms with E-state index in [1.54, 1.807) is 0 Å². The number of para-hydroxylation sites is 1. The lowest BCUT2D eigenvalue weighted by atomic mass is 9.76. The maximum atomic E-state index is 2.52. The average Bonchev–Trinajstić information content (AvgIpc) is 3.99. The van der Waals surface area contributed by atoms with E-state index in [2.05, 4.69) is 252 Å². The van der Waals surface area contributed by atoms with Gasteiger partial charge in [-0.3, -0.25) is 0 Å². The molecule has 0 aliphatic heterocycles. The summed E-state index contributed by atoms with van der Waals surface area (Å²) in [5.41, 5.74) is 19.9. The Morgan fingerprint density at radius 1 is 0.303 bits per heavy atom. The van der Waals surface area contributed by atoms with Gasteiger partial charge in [-0.25, -0.2) is 0 Å². The highest BCUT2D eigenvalue weighted by Crippen LogP contribution is 2.59. The Morgan fingerprint density at radius 2 is 0.682 bits per heavy atom. The van der Waals surface area contributed by atoms with E-state index >= 15 is 0 Å². The molecule has 2 nitrogen and oxygen atoms in total. The van der Waals surface area contributed by atoms with Gasteiger partial charge in [0.05, 0.1) is 0 Å². The number of benzene rings is 10. The minimum atomic E-state index is 0. The van der Waals surface area contributed by atoms with Crippen molar-refractivity contribution in [2.24, 2.45) is 0 Å². The van der Waals surface area contributed by atoms with Crippen molar-refractivity contribution in [1.29, 1.82) is 0 Å². The van der Waals surface area contributed by atoms with Gasteiger partial charge < -0.3 is 9.80 Å². The van der Waals surface area contributed by atoms with Crippen LogP contribution >= 0.6 is 0 Å². The van der Waals surface area contributed by atoms with Gasteiger partial charge in [0, 0.05) is 39.5 Å². The Balaban J connectivity index is 0.00000481. The first-order valence-corrected chi connectivity index (χ1v) is 23.0. The third kappa shape index (κ3) is 7.16. The van der Waals surface area contributed by atoms with Gasteiger partial charge >= 0.3 is 0 Å². The van der Waals surface area contributed by atoms with Gasteiger partial charge in [-0.2, -0.15) is 0 Å². The van der Waals surface area contributed by atoms with Crippen LogP contribution in [-0.4, -0.2) is 0 Å². The van der Waals surface area contributed by atoms with Crippen LogP contribution in [0.5, 0.6) is 0 Å². The monoisotopic (exact) mass is 848 g/mol. The molecule has 318 valence electrons. The second-order valence-corrected chi connectivity index (χ2v) is 17.7. The lowest BCUT2D eigenvalue weighted by Gasteiger charge is -2.30. The lowest BCUT2D eigenvalue weighted by Crippen LogP contribution is -2.21. The zero-order chi connectivity index (χ0) is 43.2. The quantitative estimate of drug-likeness (QED) is 0.143. The van der Waals surface area contributed by atoms with E-state index < -0.39 is 0 Å². The van der Waals surface area contributed by atoms with E-state index in [4.69, 9.17) is 0 Å². The molecule has 0 unspecified atom stereocenters. The van der Waals surface area contributed by atoms with Gasteiger partial charge in [-0.15, -0.1) is 0 Å². The Morgan fingerprint density at radius 3 is 1.17 bits per heavy atom. The topological polar surface area (TPSA) is 6.48 Å². The third-order valence-electron chi connectivity index (χ3n) is 14.0. The predicted molar refractivity (Wildman–Crippen MR) is 281 cm³/mol. The van der Waals surface area contributed by atoms with Gasteiger partial charge in [0.25, 0.3) is 0 Å². The summed E-state index contributed by atoms with van der Waals surface area (Å²) in [5, 5.41) is 2.69.